The molecule has 0 unspecified atom stereocenters. The van der Waals surface area contributed by atoms with Crippen molar-refractivity contribution in [2.24, 2.45) is 0 Å². The third-order valence-electron chi connectivity index (χ3n) is 8.22. The van der Waals surface area contributed by atoms with Gasteiger partial charge in [0.2, 0.25) is 0 Å². The first-order chi connectivity index (χ1) is 20.1. The first-order valence-electron chi connectivity index (χ1n) is 14.1. The quantitative estimate of drug-likeness (QED) is 0.225. The van der Waals surface area contributed by atoms with E-state index in [-0.39, 0.29) is 0 Å². The molecular formula is C39H30O2. The SMILES string of the molecule is Oc1ccc(-c2ccc3c(c2-c2ccc(O)c(Cc4ccccc4)c2)Cc2ccccc2-3)cc1Cc1ccccc1. The van der Waals surface area contributed by atoms with Crippen LogP contribution >= 0.6 is 0 Å². The Bertz CT molecular complexity index is 1870. The Morgan fingerprint density at radius 2 is 1.00 bits per heavy atom. The lowest BCUT2D eigenvalue weighted by Crippen LogP contribution is -1.96. The zero-order valence-corrected chi connectivity index (χ0v) is 22.7. The van der Waals surface area contributed by atoms with Crippen molar-refractivity contribution in [2.75, 3.05) is 0 Å². The Morgan fingerprint density at radius 1 is 0.463 bits per heavy atom. The van der Waals surface area contributed by atoms with Gasteiger partial charge in [-0.25, -0.2) is 0 Å². The van der Waals surface area contributed by atoms with E-state index in [1.54, 1.807) is 0 Å². The van der Waals surface area contributed by atoms with Crippen LogP contribution < -0.4 is 0 Å². The van der Waals surface area contributed by atoms with Crippen LogP contribution in [0.3, 0.4) is 0 Å². The summed E-state index contributed by atoms with van der Waals surface area (Å²) in [6, 6.07) is 45.6. The lowest BCUT2D eigenvalue weighted by atomic mass is 9.86. The summed E-state index contributed by atoms with van der Waals surface area (Å²) < 4.78 is 0. The van der Waals surface area contributed by atoms with Gasteiger partial charge in [-0.1, -0.05) is 109 Å². The molecule has 0 aliphatic heterocycles. The van der Waals surface area contributed by atoms with Crippen molar-refractivity contribution in [2.45, 2.75) is 19.3 Å². The summed E-state index contributed by atoms with van der Waals surface area (Å²) in [7, 11) is 0. The predicted octanol–water partition coefficient (Wildman–Crippen LogP) is 9.18. The van der Waals surface area contributed by atoms with Crippen molar-refractivity contribution in [3.05, 3.63) is 167 Å². The van der Waals surface area contributed by atoms with Crippen LogP contribution in [0.5, 0.6) is 11.5 Å². The molecule has 6 aromatic carbocycles. The molecular weight excluding hydrogens is 500 g/mol. The van der Waals surface area contributed by atoms with Crippen LogP contribution in [0.4, 0.5) is 0 Å². The summed E-state index contributed by atoms with van der Waals surface area (Å²) in [5, 5.41) is 21.6. The van der Waals surface area contributed by atoms with Crippen molar-refractivity contribution in [1.29, 1.82) is 0 Å². The van der Waals surface area contributed by atoms with Crippen molar-refractivity contribution in [3.8, 4) is 44.9 Å². The van der Waals surface area contributed by atoms with Crippen LogP contribution in [0.15, 0.2) is 133 Å². The monoisotopic (exact) mass is 530 g/mol. The first-order valence-corrected chi connectivity index (χ1v) is 14.1. The summed E-state index contributed by atoms with van der Waals surface area (Å²) in [4.78, 5) is 0. The second-order valence-electron chi connectivity index (χ2n) is 10.9. The number of rotatable bonds is 6. The molecule has 2 nitrogen and oxygen atoms in total. The maximum Gasteiger partial charge on any atom is 0.119 e. The van der Waals surface area contributed by atoms with Crippen LogP contribution in [0, 0.1) is 0 Å². The minimum atomic E-state index is 0.308. The Balaban J connectivity index is 1.39. The van der Waals surface area contributed by atoms with E-state index in [4.69, 9.17) is 0 Å². The van der Waals surface area contributed by atoms with Crippen LogP contribution in [0.2, 0.25) is 0 Å². The average molecular weight is 531 g/mol. The Hall–Kier alpha value is -5.08. The largest absolute Gasteiger partial charge is 0.508 e. The maximum atomic E-state index is 10.8. The highest BCUT2D eigenvalue weighted by atomic mass is 16.3. The number of phenols is 2. The van der Waals surface area contributed by atoms with Crippen molar-refractivity contribution in [3.63, 3.8) is 0 Å². The van der Waals surface area contributed by atoms with E-state index in [0.717, 1.165) is 45.4 Å². The molecule has 0 atom stereocenters. The Labute approximate surface area is 240 Å². The summed E-state index contributed by atoms with van der Waals surface area (Å²) in [6.45, 7) is 0. The molecule has 1 aliphatic rings. The van der Waals surface area contributed by atoms with E-state index in [0.29, 0.717) is 24.3 Å². The molecule has 0 aromatic heterocycles. The third-order valence-corrected chi connectivity index (χ3v) is 8.22. The second kappa shape index (κ2) is 10.5. The van der Waals surface area contributed by atoms with E-state index < -0.39 is 0 Å². The van der Waals surface area contributed by atoms with Gasteiger partial charge in [-0.3, -0.25) is 0 Å². The highest BCUT2D eigenvalue weighted by Crippen LogP contribution is 2.47. The fraction of sp³-hybridized carbons (Fsp3) is 0.0769. The maximum absolute atomic E-state index is 10.8. The summed E-state index contributed by atoms with van der Waals surface area (Å²) in [5.74, 6) is 0.618. The van der Waals surface area contributed by atoms with Crippen LogP contribution in [0.25, 0.3) is 33.4 Å². The number of aromatic hydroxyl groups is 2. The fourth-order valence-electron chi connectivity index (χ4n) is 6.19. The molecule has 0 amide bonds. The molecule has 2 heteroatoms. The molecule has 0 saturated carbocycles. The molecule has 0 fully saturated rings. The normalized spacial score (nSPS) is 11.7. The van der Waals surface area contributed by atoms with Crippen molar-refractivity contribution < 1.29 is 10.2 Å². The van der Waals surface area contributed by atoms with E-state index >= 15 is 0 Å². The molecule has 0 bridgehead atoms. The topological polar surface area (TPSA) is 40.5 Å². The highest BCUT2D eigenvalue weighted by molar-refractivity contribution is 5.94. The molecule has 41 heavy (non-hydrogen) atoms. The van der Waals surface area contributed by atoms with Gasteiger partial charge < -0.3 is 10.2 Å². The van der Waals surface area contributed by atoms with Gasteiger partial charge in [-0.05, 0) is 97.4 Å². The van der Waals surface area contributed by atoms with Crippen molar-refractivity contribution >= 4 is 0 Å². The van der Waals surface area contributed by atoms with Gasteiger partial charge in [-0.15, -0.1) is 0 Å². The molecule has 198 valence electrons. The molecule has 1 aliphatic carbocycles. The van der Waals surface area contributed by atoms with E-state index in [1.807, 2.05) is 60.7 Å². The molecule has 0 spiro atoms. The van der Waals surface area contributed by atoms with Crippen molar-refractivity contribution in [1.82, 2.24) is 0 Å². The van der Waals surface area contributed by atoms with Gasteiger partial charge >= 0.3 is 0 Å². The van der Waals surface area contributed by atoms with Gasteiger partial charge in [0, 0.05) is 12.8 Å². The van der Waals surface area contributed by atoms with E-state index in [2.05, 4.69) is 72.8 Å². The Morgan fingerprint density at radius 3 is 1.66 bits per heavy atom. The standard InChI is InChI=1S/C39H30O2/c40-37-19-15-29(23-31(37)21-26-9-3-1-4-10-26)34-17-18-35-33-14-8-7-13-28(33)25-36(35)39(34)30-16-20-38(41)32(24-30)22-27-11-5-2-6-12-27/h1-20,23-24,40-41H,21-22,25H2. The van der Waals surface area contributed by atoms with Crippen LogP contribution in [-0.4, -0.2) is 10.2 Å². The lowest BCUT2D eigenvalue weighted by Gasteiger charge is -2.18. The van der Waals surface area contributed by atoms with E-state index in [1.165, 1.54) is 27.8 Å². The summed E-state index contributed by atoms with van der Waals surface area (Å²) >= 11 is 0. The number of benzene rings is 6. The lowest BCUT2D eigenvalue weighted by molar-refractivity contribution is 0.469. The predicted molar refractivity (Wildman–Crippen MR) is 167 cm³/mol. The number of phenolic OH excluding ortho intramolecular Hbond substituents is 2. The van der Waals surface area contributed by atoms with Gasteiger partial charge in [0.15, 0.2) is 0 Å². The molecule has 0 heterocycles. The first kappa shape index (κ1) is 24.9. The Kier molecular flexibility index (Phi) is 6.37. The molecule has 2 N–H and O–H groups in total. The average Bonchev–Trinajstić information content (AvgIpc) is 3.39. The van der Waals surface area contributed by atoms with Gasteiger partial charge in [0.1, 0.15) is 11.5 Å². The third kappa shape index (κ3) is 4.79. The molecule has 6 aromatic rings. The minimum absolute atomic E-state index is 0.308. The van der Waals surface area contributed by atoms with Gasteiger partial charge in [0.25, 0.3) is 0 Å². The highest BCUT2D eigenvalue weighted by Gasteiger charge is 2.25. The molecule has 7 rings (SSSR count). The second-order valence-corrected chi connectivity index (χ2v) is 10.9. The van der Waals surface area contributed by atoms with Crippen LogP contribution in [0.1, 0.15) is 33.4 Å². The van der Waals surface area contributed by atoms with Crippen LogP contribution in [-0.2, 0) is 19.3 Å². The fourth-order valence-corrected chi connectivity index (χ4v) is 6.19. The molecule has 0 radical (unpaired) electrons. The van der Waals surface area contributed by atoms with Gasteiger partial charge in [-0.2, -0.15) is 0 Å². The number of fused-ring (bicyclic) bond motifs is 3. The summed E-state index contributed by atoms with van der Waals surface area (Å²) in [5.41, 5.74) is 13.8. The summed E-state index contributed by atoms with van der Waals surface area (Å²) in [6.07, 6.45) is 2.18. The minimum Gasteiger partial charge on any atom is -0.508 e. The van der Waals surface area contributed by atoms with E-state index in [9.17, 15) is 10.2 Å². The smallest absolute Gasteiger partial charge is 0.119 e. The number of hydrogen-bond donors (Lipinski definition) is 2. The zero-order valence-electron chi connectivity index (χ0n) is 22.7. The zero-order chi connectivity index (χ0) is 27.8. The number of hydrogen-bond acceptors (Lipinski definition) is 2. The molecule has 0 saturated heterocycles. The van der Waals surface area contributed by atoms with Gasteiger partial charge in [0.05, 0.1) is 0 Å².